The van der Waals surface area contributed by atoms with Crippen LogP contribution in [0.15, 0.2) is 36.2 Å². The number of alkyl halides is 1. The second kappa shape index (κ2) is 6.59. The number of hydrogen-bond acceptors (Lipinski definition) is 5. The van der Waals surface area contributed by atoms with Crippen LogP contribution in [0.25, 0.3) is 21.3 Å². The summed E-state index contributed by atoms with van der Waals surface area (Å²) in [5, 5.41) is 0.903. The Balaban J connectivity index is 1.60. The summed E-state index contributed by atoms with van der Waals surface area (Å²) >= 11 is 1.55. The van der Waals surface area contributed by atoms with Crippen LogP contribution in [0.3, 0.4) is 0 Å². The van der Waals surface area contributed by atoms with E-state index in [2.05, 4.69) is 15.0 Å². The summed E-state index contributed by atoms with van der Waals surface area (Å²) in [6, 6.07) is 3.86. The largest absolute Gasteiger partial charge is 0.296 e. The molecule has 3 aromatic heterocycles. The highest BCUT2D eigenvalue weighted by Gasteiger charge is 2.39. The van der Waals surface area contributed by atoms with Crippen molar-refractivity contribution in [3.05, 3.63) is 41.9 Å². The van der Waals surface area contributed by atoms with Gasteiger partial charge in [-0.15, -0.1) is 11.3 Å². The number of halogens is 1. The standard InChI is InChI=1S/C19H18FN3OS/c20-19(4-2-1-3-5-19)18(24)8-15-7-13-6-14(17-11-21-12-25-17)9-23-16(13)10-22-15/h6-7,9-12H,1-5,8H2. The maximum absolute atomic E-state index is 14.8. The molecule has 0 aromatic carbocycles. The Bertz CT molecular complexity index is 904. The maximum Gasteiger partial charge on any atom is 0.175 e. The van der Waals surface area contributed by atoms with Gasteiger partial charge in [-0.05, 0) is 37.8 Å². The summed E-state index contributed by atoms with van der Waals surface area (Å²) in [6.45, 7) is 0. The number of Topliss-reactive ketones (excluding diaryl/α,β-unsaturated/α-hetero) is 1. The highest BCUT2D eigenvalue weighted by molar-refractivity contribution is 7.13. The number of fused-ring (bicyclic) bond motifs is 1. The van der Waals surface area contributed by atoms with Crippen LogP contribution in [0.1, 0.15) is 37.8 Å². The lowest BCUT2D eigenvalue weighted by atomic mass is 9.82. The van der Waals surface area contributed by atoms with E-state index in [0.717, 1.165) is 40.6 Å². The zero-order valence-corrected chi connectivity index (χ0v) is 14.6. The fourth-order valence-electron chi connectivity index (χ4n) is 3.38. The maximum atomic E-state index is 14.8. The molecule has 4 nitrogen and oxygen atoms in total. The molecule has 0 aliphatic heterocycles. The molecule has 1 saturated carbocycles. The molecule has 0 N–H and O–H groups in total. The van der Waals surface area contributed by atoms with Gasteiger partial charge in [0.1, 0.15) is 0 Å². The normalized spacial score (nSPS) is 16.8. The number of carbonyl (C=O) groups is 1. The van der Waals surface area contributed by atoms with E-state index in [1.165, 1.54) is 0 Å². The first-order valence-corrected chi connectivity index (χ1v) is 9.38. The van der Waals surface area contributed by atoms with Crippen LogP contribution in [0.4, 0.5) is 4.39 Å². The van der Waals surface area contributed by atoms with Gasteiger partial charge in [0, 0.05) is 29.0 Å². The van der Waals surface area contributed by atoms with Crippen molar-refractivity contribution in [3.63, 3.8) is 0 Å². The molecular formula is C19H18FN3OS. The molecule has 1 fully saturated rings. The molecule has 0 unspecified atom stereocenters. The van der Waals surface area contributed by atoms with Gasteiger partial charge in [0.05, 0.1) is 28.5 Å². The van der Waals surface area contributed by atoms with Crippen molar-refractivity contribution in [1.82, 2.24) is 15.0 Å². The highest BCUT2D eigenvalue weighted by Crippen LogP contribution is 2.33. The number of pyridine rings is 2. The average molecular weight is 355 g/mol. The van der Waals surface area contributed by atoms with Crippen molar-refractivity contribution in [2.75, 3.05) is 0 Å². The van der Waals surface area contributed by atoms with Gasteiger partial charge in [0.25, 0.3) is 0 Å². The Morgan fingerprint density at radius 2 is 1.96 bits per heavy atom. The van der Waals surface area contributed by atoms with Gasteiger partial charge in [0.15, 0.2) is 11.5 Å². The first-order valence-electron chi connectivity index (χ1n) is 8.50. The molecule has 128 valence electrons. The summed E-state index contributed by atoms with van der Waals surface area (Å²) in [7, 11) is 0. The third kappa shape index (κ3) is 3.31. The fourth-order valence-corrected chi connectivity index (χ4v) is 3.99. The zero-order valence-electron chi connectivity index (χ0n) is 13.7. The third-order valence-corrected chi connectivity index (χ3v) is 5.65. The molecule has 1 aliphatic carbocycles. The van der Waals surface area contributed by atoms with Gasteiger partial charge >= 0.3 is 0 Å². The molecule has 0 spiro atoms. The predicted molar refractivity (Wildman–Crippen MR) is 96.3 cm³/mol. The Kier molecular flexibility index (Phi) is 4.29. The van der Waals surface area contributed by atoms with Crippen molar-refractivity contribution in [2.45, 2.75) is 44.2 Å². The molecule has 3 aromatic rings. The van der Waals surface area contributed by atoms with Gasteiger partial charge in [-0.1, -0.05) is 6.42 Å². The lowest BCUT2D eigenvalue weighted by Crippen LogP contribution is -2.37. The van der Waals surface area contributed by atoms with Crippen molar-refractivity contribution in [2.24, 2.45) is 0 Å². The summed E-state index contributed by atoms with van der Waals surface area (Å²) in [5.41, 5.74) is 2.45. The molecule has 25 heavy (non-hydrogen) atoms. The lowest BCUT2D eigenvalue weighted by molar-refractivity contribution is -0.132. The van der Waals surface area contributed by atoms with Crippen molar-refractivity contribution < 1.29 is 9.18 Å². The van der Waals surface area contributed by atoms with Gasteiger partial charge in [0.2, 0.25) is 0 Å². The number of thiazole rings is 1. The molecule has 0 atom stereocenters. The van der Waals surface area contributed by atoms with Gasteiger partial charge in [-0.2, -0.15) is 0 Å². The number of nitrogens with zero attached hydrogens (tertiary/aromatic N) is 3. The smallest absolute Gasteiger partial charge is 0.175 e. The Morgan fingerprint density at radius 3 is 2.72 bits per heavy atom. The Labute approximate surface area is 149 Å². The highest BCUT2D eigenvalue weighted by atomic mass is 32.1. The van der Waals surface area contributed by atoms with Gasteiger partial charge < -0.3 is 0 Å². The van der Waals surface area contributed by atoms with Crippen LogP contribution in [-0.4, -0.2) is 26.4 Å². The second-order valence-corrected chi connectivity index (χ2v) is 7.47. The first-order chi connectivity index (χ1) is 12.1. The van der Waals surface area contributed by atoms with Crippen LogP contribution in [0.5, 0.6) is 0 Å². The van der Waals surface area contributed by atoms with E-state index in [4.69, 9.17) is 0 Å². The van der Waals surface area contributed by atoms with Crippen LogP contribution in [-0.2, 0) is 11.2 Å². The summed E-state index contributed by atoms with van der Waals surface area (Å²) in [6.07, 6.45) is 8.56. The number of aromatic nitrogens is 3. The molecule has 0 amide bonds. The topological polar surface area (TPSA) is 55.7 Å². The third-order valence-electron chi connectivity index (χ3n) is 4.83. The molecule has 0 radical (unpaired) electrons. The number of carbonyl (C=O) groups excluding carboxylic acids is 1. The van der Waals surface area contributed by atoms with E-state index in [9.17, 15) is 9.18 Å². The summed E-state index contributed by atoms with van der Waals surface area (Å²) < 4.78 is 14.8. The van der Waals surface area contributed by atoms with Crippen LogP contribution < -0.4 is 0 Å². The minimum atomic E-state index is -1.67. The molecule has 0 saturated heterocycles. The number of ketones is 1. The minimum Gasteiger partial charge on any atom is -0.296 e. The summed E-state index contributed by atoms with van der Waals surface area (Å²) in [4.78, 5) is 26.3. The Hall–Kier alpha value is -2.21. The average Bonchev–Trinajstić information content (AvgIpc) is 3.16. The number of hydrogen-bond donors (Lipinski definition) is 0. The van der Waals surface area contributed by atoms with E-state index in [1.54, 1.807) is 35.4 Å². The number of rotatable bonds is 4. The lowest BCUT2D eigenvalue weighted by Gasteiger charge is -2.27. The minimum absolute atomic E-state index is 0.0389. The molecule has 6 heteroatoms. The first kappa shape index (κ1) is 16.3. The zero-order chi connectivity index (χ0) is 17.3. The van der Waals surface area contributed by atoms with E-state index >= 15 is 0 Å². The molecule has 0 bridgehead atoms. The quantitative estimate of drug-likeness (QED) is 0.689. The van der Waals surface area contributed by atoms with E-state index in [0.29, 0.717) is 18.5 Å². The monoisotopic (exact) mass is 355 g/mol. The van der Waals surface area contributed by atoms with Crippen LogP contribution >= 0.6 is 11.3 Å². The van der Waals surface area contributed by atoms with Gasteiger partial charge in [-0.3, -0.25) is 19.7 Å². The van der Waals surface area contributed by atoms with Crippen molar-refractivity contribution in [1.29, 1.82) is 0 Å². The predicted octanol–water partition coefficient (Wildman–Crippen LogP) is 4.54. The molecule has 4 rings (SSSR count). The molecule has 3 heterocycles. The molecule has 1 aliphatic rings. The van der Waals surface area contributed by atoms with Crippen molar-refractivity contribution in [3.8, 4) is 10.4 Å². The molecular weight excluding hydrogens is 337 g/mol. The van der Waals surface area contributed by atoms with Gasteiger partial charge in [-0.25, -0.2) is 4.39 Å². The fraction of sp³-hybridized carbons (Fsp3) is 0.368. The van der Waals surface area contributed by atoms with E-state index in [1.807, 2.05) is 12.1 Å². The SMILES string of the molecule is O=C(Cc1cc2cc(-c3cncs3)cnc2cn1)C1(F)CCCCC1. The van der Waals surface area contributed by atoms with Crippen LogP contribution in [0, 0.1) is 0 Å². The van der Waals surface area contributed by atoms with Crippen LogP contribution in [0.2, 0.25) is 0 Å². The Morgan fingerprint density at radius 1 is 1.12 bits per heavy atom. The van der Waals surface area contributed by atoms with E-state index < -0.39 is 5.67 Å². The van der Waals surface area contributed by atoms with E-state index in [-0.39, 0.29) is 12.2 Å². The second-order valence-electron chi connectivity index (χ2n) is 6.58. The van der Waals surface area contributed by atoms with Crippen molar-refractivity contribution >= 4 is 28.0 Å². The summed E-state index contributed by atoms with van der Waals surface area (Å²) in [5.74, 6) is -0.342.